The Balaban J connectivity index is 2.64. The van der Waals surface area contributed by atoms with Crippen molar-refractivity contribution < 1.29 is 14.3 Å². The van der Waals surface area contributed by atoms with Crippen LogP contribution < -0.4 is 0 Å². The van der Waals surface area contributed by atoms with Gasteiger partial charge >= 0.3 is 5.97 Å². The summed E-state index contributed by atoms with van der Waals surface area (Å²) >= 11 is 0. The zero-order valence-electron chi connectivity index (χ0n) is 13.0. The van der Waals surface area contributed by atoms with Crippen LogP contribution in [-0.4, -0.2) is 52.0 Å². The van der Waals surface area contributed by atoms with Gasteiger partial charge in [-0.25, -0.2) is 14.3 Å². The number of aromatic nitrogens is 3. The minimum atomic E-state index is -0.483. The lowest BCUT2D eigenvalue weighted by molar-refractivity contribution is 0.0528. The van der Waals surface area contributed by atoms with Gasteiger partial charge in [-0.15, -0.1) is 0 Å². The molecule has 0 aliphatic rings. The number of carbonyl (C=O) groups excluding carboxylic acids is 2. The Bertz CT molecular complexity index is 747. The van der Waals surface area contributed by atoms with Crippen LogP contribution in [0.25, 0.3) is 11.7 Å². The fourth-order valence-electron chi connectivity index (χ4n) is 1.95. The Labute approximate surface area is 128 Å². The minimum Gasteiger partial charge on any atom is -0.462 e. The van der Waals surface area contributed by atoms with Crippen LogP contribution in [0.1, 0.15) is 40.3 Å². The molecule has 0 atom stereocenters. The van der Waals surface area contributed by atoms with Crippen LogP contribution in [0.3, 0.4) is 0 Å². The van der Waals surface area contributed by atoms with Crippen LogP contribution in [0.15, 0.2) is 18.6 Å². The molecule has 0 saturated heterocycles. The molecule has 2 heterocycles. The van der Waals surface area contributed by atoms with E-state index >= 15 is 0 Å². The summed E-state index contributed by atoms with van der Waals surface area (Å²) in [7, 11) is 3.74. The van der Waals surface area contributed by atoms with E-state index in [0.717, 1.165) is 0 Å². The van der Waals surface area contributed by atoms with Gasteiger partial charge in [0, 0.05) is 26.5 Å². The second-order valence-corrected chi connectivity index (χ2v) is 4.91. The molecule has 0 spiro atoms. The summed E-state index contributed by atoms with van der Waals surface area (Å²) in [5.41, 5.74) is 1.64. The first-order valence-electron chi connectivity index (χ1n) is 6.85. The van der Waals surface area contributed by atoms with Gasteiger partial charge in [0.15, 0.2) is 11.4 Å². The van der Waals surface area contributed by atoms with Crippen molar-refractivity contribution in [1.29, 1.82) is 0 Å². The van der Waals surface area contributed by atoms with Gasteiger partial charge in [-0.2, -0.15) is 5.10 Å². The highest BCUT2D eigenvalue weighted by atomic mass is 16.5. The van der Waals surface area contributed by atoms with Gasteiger partial charge in [0.05, 0.1) is 24.1 Å². The van der Waals surface area contributed by atoms with Crippen molar-refractivity contribution in [2.24, 2.45) is 0 Å². The first-order chi connectivity index (χ1) is 10.5. The fourth-order valence-corrected chi connectivity index (χ4v) is 1.95. The smallest absolute Gasteiger partial charge is 0.343 e. The maximum atomic E-state index is 11.9. The average molecular weight is 302 g/mol. The van der Waals surface area contributed by atoms with Crippen LogP contribution in [0.5, 0.6) is 0 Å². The van der Waals surface area contributed by atoms with Gasteiger partial charge in [-0.05, 0) is 19.9 Å². The van der Waals surface area contributed by atoms with Crippen molar-refractivity contribution in [3.63, 3.8) is 0 Å². The van der Waals surface area contributed by atoms with Gasteiger partial charge in [-0.3, -0.25) is 4.79 Å². The lowest BCUT2D eigenvalue weighted by Crippen LogP contribution is -2.09. The topological polar surface area (TPSA) is 76.8 Å². The molecular weight excluding hydrogens is 284 g/mol. The number of esters is 1. The molecule has 2 aromatic heterocycles. The molecule has 2 rings (SSSR count). The summed E-state index contributed by atoms with van der Waals surface area (Å²) in [6, 6.07) is 0. The first kappa shape index (κ1) is 15.7. The van der Waals surface area contributed by atoms with Crippen molar-refractivity contribution in [2.75, 3.05) is 20.7 Å². The largest absolute Gasteiger partial charge is 0.462 e. The Morgan fingerprint density at radius 1 is 1.32 bits per heavy atom. The van der Waals surface area contributed by atoms with Crippen LogP contribution >= 0.6 is 0 Å². The first-order valence-corrected chi connectivity index (χ1v) is 6.85. The van der Waals surface area contributed by atoms with Crippen LogP contribution in [0.2, 0.25) is 0 Å². The normalized spacial score (nSPS) is 11.1. The molecule has 116 valence electrons. The Morgan fingerprint density at radius 2 is 2.05 bits per heavy atom. The molecule has 22 heavy (non-hydrogen) atoms. The van der Waals surface area contributed by atoms with E-state index in [9.17, 15) is 9.59 Å². The second kappa shape index (κ2) is 6.38. The number of hydrogen-bond acceptors (Lipinski definition) is 6. The van der Waals surface area contributed by atoms with E-state index < -0.39 is 5.97 Å². The molecule has 2 aromatic rings. The van der Waals surface area contributed by atoms with Crippen LogP contribution in [-0.2, 0) is 4.74 Å². The summed E-state index contributed by atoms with van der Waals surface area (Å²) in [5, 5.41) is 4.17. The van der Waals surface area contributed by atoms with E-state index in [1.807, 2.05) is 19.0 Å². The van der Waals surface area contributed by atoms with Crippen molar-refractivity contribution in [1.82, 2.24) is 19.5 Å². The van der Waals surface area contributed by atoms with Gasteiger partial charge in [-0.1, -0.05) is 0 Å². The molecular formula is C15H18N4O3. The average Bonchev–Trinajstić information content (AvgIpc) is 2.88. The van der Waals surface area contributed by atoms with Crippen LogP contribution in [0.4, 0.5) is 0 Å². The molecule has 0 radical (unpaired) electrons. The predicted molar refractivity (Wildman–Crippen MR) is 81.7 cm³/mol. The summed E-state index contributed by atoms with van der Waals surface area (Å²) in [5.74, 6) is -0.607. The summed E-state index contributed by atoms with van der Waals surface area (Å²) in [6.07, 6.45) is 6.41. The number of ether oxygens (including phenoxy) is 1. The highest BCUT2D eigenvalue weighted by Crippen LogP contribution is 2.17. The van der Waals surface area contributed by atoms with Crippen LogP contribution in [0, 0.1) is 0 Å². The van der Waals surface area contributed by atoms with Crippen molar-refractivity contribution in [3.8, 4) is 0 Å². The second-order valence-electron chi connectivity index (χ2n) is 4.91. The van der Waals surface area contributed by atoms with E-state index in [0.29, 0.717) is 16.9 Å². The molecule has 0 amide bonds. The summed E-state index contributed by atoms with van der Waals surface area (Å²) < 4.78 is 6.46. The Morgan fingerprint density at radius 3 is 2.64 bits per heavy atom. The third-order valence-corrected chi connectivity index (χ3v) is 2.97. The zero-order chi connectivity index (χ0) is 16.3. The lowest BCUT2D eigenvalue weighted by Gasteiger charge is -2.08. The Kier molecular flexibility index (Phi) is 4.55. The fraction of sp³-hybridized carbons (Fsp3) is 0.333. The number of rotatable bonds is 5. The summed E-state index contributed by atoms with van der Waals surface area (Å²) in [4.78, 5) is 29.7. The predicted octanol–water partition coefficient (Wildman–Crippen LogP) is 1.64. The monoisotopic (exact) mass is 302 g/mol. The molecule has 0 aliphatic carbocycles. The standard InChI is InChI=1S/C15H18N4O3/c1-5-22-15(21)12-9-17-19-13(6-7-18(3)4)11(10(2)20)8-16-14(12)19/h6-9H,5H2,1-4H3/b7-6+. The third-order valence-electron chi connectivity index (χ3n) is 2.97. The maximum Gasteiger partial charge on any atom is 0.343 e. The molecule has 0 unspecified atom stereocenters. The van der Waals surface area contributed by atoms with Gasteiger partial charge in [0.25, 0.3) is 0 Å². The van der Waals surface area contributed by atoms with Gasteiger partial charge in [0.1, 0.15) is 5.56 Å². The van der Waals surface area contributed by atoms with Gasteiger partial charge in [0.2, 0.25) is 0 Å². The molecule has 0 N–H and O–H groups in total. The van der Waals surface area contributed by atoms with E-state index in [2.05, 4.69) is 10.1 Å². The summed E-state index contributed by atoms with van der Waals surface area (Å²) in [6.45, 7) is 3.47. The molecule has 0 saturated carbocycles. The zero-order valence-corrected chi connectivity index (χ0v) is 13.0. The molecule has 0 aliphatic heterocycles. The van der Waals surface area contributed by atoms with Crippen molar-refractivity contribution in [3.05, 3.63) is 35.4 Å². The van der Waals surface area contributed by atoms with E-state index in [-0.39, 0.29) is 18.0 Å². The molecule has 0 fully saturated rings. The molecule has 7 nitrogen and oxygen atoms in total. The Hall–Kier alpha value is -2.70. The van der Waals surface area contributed by atoms with Crippen molar-refractivity contribution in [2.45, 2.75) is 13.8 Å². The number of nitrogens with zero attached hydrogens (tertiary/aromatic N) is 4. The number of hydrogen-bond donors (Lipinski definition) is 0. The van der Waals surface area contributed by atoms with Crippen molar-refractivity contribution >= 4 is 23.5 Å². The number of carbonyl (C=O) groups is 2. The molecule has 7 heteroatoms. The lowest BCUT2D eigenvalue weighted by atomic mass is 10.1. The number of fused-ring (bicyclic) bond motifs is 1. The quantitative estimate of drug-likeness (QED) is 0.617. The number of ketones is 1. The molecule has 0 aromatic carbocycles. The SMILES string of the molecule is CCOC(=O)c1cnn2c(/C=C/N(C)C)c(C(C)=O)cnc12. The number of Topliss-reactive ketones (excluding diaryl/α,β-unsaturated/α-hetero) is 1. The maximum absolute atomic E-state index is 11.9. The molecule has 0 bridgehead atoms. The highest BCUT2D eigenvalue weighted by Gasteiger charge is 2.19. The highest BCUT2D eigenvalue weighted by molar-refractivity contribution is 5.99. The van der Waals surface area contributed by atoms with E-state index in [4.69, 9.17) is 4.74 Å². The van der Waals surface area contributed by atoms with E-state index in [1.165, 1.54) is 23.8 Å². The third kappa shape index (κ3) is 2.98. The van der Waals surface area contributed by atoms with E-state index in [1.54, 1.807) is 19.2 Å². The van der Waals surface area contributed by atoms with Gasteiger partial charge < -0.3 is 9.64 Å². The minimum absolute atomic E-state index is 0.124.